The van der Waals surface area contributed by atoms with E-state index in [9.17, 15) is 15.0 Å². The van der Waals surface area contributed by atoms with E-state index in [4.69, 9.17) is 0 Å². The predicted molar refractivity (Wildman–Crippen MR) is 82.5 cm³/mol. The Balaban J connectivity index is 2.02. The molecule has 21 heavy (non-hydrogen) atoms. The highest BCUT2D eigenvalue weighted by Crippen LogP contribution is 2.42. The molecule has 1 amide bonds. The zero-order valence-electron chi connectivity index (χ0n) is 12.9. The van der Waals surface area contributed by atoms with Crippen LogP contribution in [0.1, 0.15) is 56.3 Å². The van der Waals surface area contributed by atoms with Gasteiger partial charge in [0.25, 0.3) is 5.91 Å². The molecule has 2 rings (SSSR count). The van der Waals surface area contributed by atoms with Crippen LogP contribution in [0.4, 0.5) is 0 Å². The molecule has 0 unspecified atom stereocenters. The van der Waals surface area contributed by atoms with Gasteiger partial charge in [-0.05, 0) is 42.7 Å². The van der Waals surface area contributed by atoms with Gasteiger partial charge in [0.15, 0.2) is 0 Å². The number of phenols is 2. The molecular formula is C17H25NO3. The highest BCUT2D eigenvalue weighted by molar-refractivity contribution is 5.97. The van der Waals surface area contributed by atoms with Gasteiger partial charge in [-0.25, -0.2) is 0 Å². The van der Waals surface area contributed by atoms with Crippen molar-refractivity contribution in [1.29, 1.82) is 0 Å². The van der Waals surface area contributed by atoms with E-state index in [1.807, 2.05) is 0 Å². The summed E-state index contributed by atoms with van der Waals surface area (Å²) in [5.41, 5.74) is 0.418. The zero-order chi connectivity index (χ0) is 15.5. The number of aromatic hydroxyl groups is 2. The molecule has 0 radical (unpaired) electrons. The van der Waals surface area contributed by atoms with E-state index in [1.54, 1.807) is 0 Å². The number of carbonyl (C=O) groups is 1. The minimum Gasteiger partial charge on any atom is -0.508 e. The number of benzene rings is 1. The fraction of sp³-hybridized carbons (Fsp3) is 0.588. The second kappa shape index (κ2) is 6.37. The van der Waals surface area contributed by atoms with Gasteiger partial charge in [0.05, 0.1) is 5.56 Å². The van der Waals surface area contributed by atoms with Crippen molar-refractivity contribution in [3.63, 3.8) is 0 Å². The summed E-state index contributed by atoms with van der Waals surface area (Å²) in [5, 5.41) is 22.0. The van der Waals surface area contributed by atoms with Crippen LogP contribution in [0.2, 0.25) is 0 Å². The minimum absolute atomic E-state index is 0.0453. The lowest BCUT2D eigenvalue weighted by molar-refractivity contribution is 0.0919. The third-order valence-corrected chi connectivity index (χ3v) is 4.36. The molecule has 0 bridgehead atoms. The first kappa shape index (κ1) is 15.7. The van der Waals surface area contributed by atoms with Gasteiger partial charge in [0, 0.05) is 12.6 Å². The van der Waals surface area contributed by atoms with Gasteiger partial charge in [-0.2, -0.15) is 0 Å². The van der Waals surface area contributed by atoms with E-state index in [2.05, 4.69) is 19.2 Å². The number of nitrogens with one attached hydrogen (secondary N) is 1. The highest BCUT2D eigenvalue weighted by atomic mass is 16.3. The molecule has 1 aliphatic rings. The largest absolute Gasteiger partial charge is 0.508 e. The lowest BCUT2D eigenvalue weighted by Gasteiger charge is -2.31. The summed E-state index contributed by atoms with van der Waals surface area (Å²) in [7, 11) is 0. The third kappa shape index (κ3) is 3.90. The van der Waals surface area contributed by atoms with Gasteiger partial charge < -0.3 is 15.5 Å². The lowest BCUT2D eigenvalue weighted by atomic mass is 9.78. The first-order chi connectivity index (χ1) is 9.92. The summed E-state index contributed by atoms with van der Waals surface area (Å²) >= 11 is 0. The molecule has 1 aromatic carbocycles. The minimum atomic E-state index is -0.275. The Kier molecular flexibility index (Phi) is 4.76. The van der Waals surface area contributed by atoms with Crippen molar-refractivity contribution in [2.75, 3.05) is 6.54 Å². The summed E-state index contributed by atoms with van der Waals surface area (Å²) in [4.78, 5) is 12.2. The molecule has 0 heterocycles. The summed E-state index contributed by atoms with van der Waals surface area (Å²) in [6.07, 6.45) is 5.90. The summed E-state index contributed by atoms with van der Waals surface area (Å²) in [6.45, 7) is 5.09. The van der Waals surface area contributed by atoms with Crippen molar-refractivity contribution in [2.45, 2.75) is 46.0 Å². The fourth-order valence-corrected chi connectivity index (χ4v) is 3.52. The molecule has 0 saturated heterocycles. The maximum absolute atomic E-state index is 12.2. The van der Waals surface area contributed by atoms with E-state index in [0.717, 1.165) is 19.3 Å². The van der Waals surface area contributed by atoms with E-state index in [0.29, 0.717) is 12.5 Å². The van der Waals surface area contributed by atoms with Gasteiger partial charge in [0.1, 0.15) is 11.5 Å². The number of phenolic OH excluding ortho intramolecular Hbond substituents is 2. The maximum Gasteiger partial charge on any atom is 0.255 e. The van der Waals surface area contributed by atoms with Gasteiger partial charge in [-0.1, -0.05) is 26.7 Å². The van der Waals surface area contributed by atoms with E-state index >= 15 is 0 Å². The number of amides is 1. The average molecular weight is 291 g/mol. The molecule has 0 spiro atoms. The molecule has 1 fully saturated rings. The Labute approximate surface area is 126 Å². The molecule has 0 aliphatic heterocycles. The summed E-state index contributed by atoms with van der Waals surface area (Å²) in [5.74, 6) is 0.109. The second-order valence-electron chi connectivity index (χ2n) is 6.69. The highest BCUT2D eigenvalue weighted by Gasteiger charge is 2.34. The van der Waals surface area contributed by atoms with Crippen LogP contribution in [0, 0.1) is 11.3 Å². The smallest absolute Gasteiger partial charge is 0.255 e. The Morgan fingerprint density at radius 3 is 2.52 bits per heavy atom. The first-order valence-electron chi connectivity index (χ1n) is 7.72. The van der Waals surface area contributed by atoms with Crippen LogP contribution in [-0.4, -0.2) is 22.7 Å². The Morgan fingerprint density at radius 1 is 1.29 bits per heavy atom. The summed E-state index contributed by atoms with van der Waals surface area (Å²) in [6, 6.07) is 4.05. The third-order valence-electron chi connectivity index (χ3n) is 4.36. The number of carbonyl (C=O) groups excluding carboxylic acids is 1. The van der Waals surface area contributed by atoms with Crippen molar-refractivity contribution in [3.05, 3.63) is 23.8 Å². The van der Waals surface area contributed by atoms with Crippen LogP contribution in [0.25, 0.3) is 0 Å². The summed E-state index contributed by atoms with van der Waals surface area (Å²) < 4.78 is 0. The second-order valence-corrected chi connectivity index (χ2v) is 6.69. The van der Waals surface area contributed by atoms with Gasteiger partial charge in [0.2, 0.25) is 0 Å². The van der Waals surface area contributed by atoms with Crippen molar-refractivity contribution in [1.82, 2.24) is 5.32 Å². The van der Waals surface area contributed by atoms with Crippen molar-refractivity contribution in [3.8, 4) is 11.5 Å². The Hall–Kier alpha value is -1.71. The van der Waals surface area contributed by atoms with E-state index < -0.39 is 0 Å². The molecule has 116 valence electrons. The molecule has 0 atom stereocenters. The average Bonchev–Trinajstić information content (AvgIpc) is 2.84. The lowest BCUT2D eigenvalue weighted by Crippen LogP contribution is -2.36. The van der Waals surface area contributed by atoms with Gasteiger partial charge in [-0.15, -0.1) is 0 Å². The quantitative estimate of drug-likeness (QED) is 0.778. The first-order valence-corrected chi connectivity index (χ1v) is 7.72. The van der Waals surface area contributed by atoms with Crippen LogP contribution in [0.5, 0.6) is 11.5 Å². The fourth-order valence-electron chi connectivity index (χ4n) is 3.52. The van der Waals surface area contributed by atoms with E-state index in [1.165, 1.54) is 31.0 Å². The van der Waals surface area contributed by atoms with E-state index in [-0.39, 0.29) is 28.4 Å². The molecule has 4 nitrogen and oxygen atoms in total. The number of hydrogen-bond donors (Lipinski definition) is 3. The molecule has 1 saturated carbocycles. The van der Waals surface area contributed by atoms with Gasteiger partial charge >= 0.3 is 0 Å². The van der Waals surface area contributed by atoms with Crippen molar-refractivity contribution < 1.29 is 15.0 Å². The normalized spacial score (nSPS) is 17.1. The van der Waals surface area contributed by atoms with Crippen LogP contribution >= 0.6 is 0 Å². The molecule has 1 aliphatic carbocycles. The standard InChI is InChI=1S/C17H25NO3/c1-12(2)10-17(7-3-4-8-17)11-18-16(21)14-6-5-13(19)9-15(14)20/h5-6,9,12,19-20H,3-4,7-8,10-11H2,1-2H3,(H,18,21). The van der Waals surface area contributed by atoms with Crippen LogP contribution in [0.3, 0.4) is 0 Å². The molecule has 3 N–H and O–H groups in total. The van der Waals surface area contributed by atoms with Crippen LogP contribution < -0.4 is 5.32 Å². The van der Waals surface area contributed by atoms with Crippen LogP contribution in [-0.2, 0) is 0 Å². The number of hydrogen-bond acceptors (Lipinski definition) is 3. The molecule has 0 aromatic heterocycles. The number of rotatable bonds is 5. The Morgan fingerprint density at radius 2 is 1.95 bits per heavy atom. The maximum atomic E-state index is 12.2. The molecule has 4 heteroatoms. The topological polar surface area (TPSA) is 69.6 Å². The van der Waals surface area contributed by atoms with Crippen molar-refractivity contribution in [2.24, 2.45) is 11.3 Å². The zero-order valence-corrected chi connectivity index (χ0v) is 12.9. The van der Waals surface area contributed by atoms with Crippen molar-refractivity contribution >= 4 is 5.91 Å². The van der Waals surface area contributed by atoms with Crippen LogP contribution in [0.15, 0.2) is 18.2 Å². The molecule has 1 aromatic rings. The predicted octanol–water partition coefficient (Wildman–Crippen LogP) is 3.43. The SMILES string of the molecule is CC(C)CC1(CNC(=O)c2ccc(O)cc2O)CCCC1. The molecular weight excluding hydrogens is 266 g/mol. The Bertz CT molecular complexity index is 505. The monoisotopic (exact) mass is 291 g/mol. The van der Waals surface area contributed by atoms with Gasteiger partial charge in [-0.3, -0.25) is 4.79 Å².